The third-order valence-electron chi connectivity index (χ3n) is 3.38. The zero-order chi connectivity index (χ0) is 15.0. The van der Waals surface area contributed by atoms with Crippen LogP contribution in [0.25, 0.3) is 0 Å². The van der Waals surface area contributed by atoms with E-state index in [2.05, 4.69) is 0 Å². The molecule has 0 spiro atoms. The highest BCUT2D eigenvalue weighted by molar-refractivity contribution is 7.89. The van der Waals surface area contributed by atoms with E-state index in [0.29, 0.717) is 0 Å². The Kier molecular flexibility index (Phi) is 4.05. The maximum absolute atomic E-state index is 12.5. The summed E-state index contributed by atoms with van der Waals surface area (Å²) in [5, 5.41) is 11.1. The second kappa shape index (κ2) is 5.32. The van der Waals surface area contributed by atoms with Gasteiger partial charge in [0.2, 0.25) is 10.0 Å². The number of carboxylic acids is 1. The quantitative estimate of drug-likeness (QED) is 0.854. The van der Waals surface area contributed by atoms with E-state index in [0.717, 1.165) is 4.31 Å². The second-order valence-electron chi connectivity index (χ2n) is 4.37. The van der Waals surface area contributed by atoms with E-state index < -0.39 is 21.6 Å². The molecule has 1 fully saturated rings. The number of sulfonamides is 1. The predicted molar refractivity (Wildman–Crippen MR) is 71.6 cm³/mol. The molecule has 7 nitrogen and oxygen atoms in total. The van der Waals surface area contributed by atoms with Crippen LogP contribution in [-0.4, -0.2) is 56.7 Å². The first kappa shape index (κ1) is 15.2. The SMILES string of the molecule is COc1sccc1S(=O)(=O)N1CCC(OC)(C(=O)O)C1. The van der Waals surface area contributed by atoms with Gasteiger partial charge in [-0.1, -0.05) is 0 Å². The molecule has 20 heavy (non-hydrogen) atoms. The van der Waals surface area contributed by atoms with E-state index in [1.54, 1.807) is 5.38 Å². The number of carbonyl (C=O) groups is 1. The number of aliphatic carboxylic acids is 1. The van der Waals surface area contributed by atoms with Crippen molar-refractivity contribution in [3.8, 4) is 5.06 Å². The average Bonchev–Trinajstić information content (AvgIpc) is 3.06. The number of hydrogen-bond donors (Lipinski definition) is 1. The van der Waals surface area contributed by atoms with Crippen LogP contribution in [-0.2, 0) is 19.6 Å². The number of rotatable bonds is 5. The van der Waals surface area contributed by atoms with Crippen molar-refractivity contribution in [2.24, 2.45) is 0 Å². The van der Waals surface area contributed by atoms with Crippen molar-refractivity contribution < 1.29 is 27.8 Å². The molecule has 112 valence electrons. The molecule has 2 heterocycles. The number of hydrogen-bond acceptors (Lipinski definition) is 6. The maximum atomic E-state index is 12.5. The smallest absolute Gasteiger partial charge is 0.337 e. The highest BCUT2D eigenvalue weighted by Crippen LogP contribution is 2.36. The highest BCUT2D eigenvalue weighted by atomic mass is 32.2. The van der Waals surface area contributed by atoms with Gasteiger partial charge in [0, 0.05) is 20.1 Å². The Morgan fingerprint density at radius 1 is 1.50 bits per heavy atom. The minimum absolute atomic E-state index is 0.0577. The summed E-state index contributed by atoms with van der Waals surface area (Å²) in [6.07, 6.45) is 0.116. The molecule has 2 rings (SSSR count). The van der Waals surface area contributed by atoms with Crippen molar-refractivity contribution in [1.82, 2.24) is 4.31 Å². The first-order valence-corrected chi connectivity index (χ1v) is 8.09. The third-order valence-corrected chi connectivity index (χ3v) is 6.25. The molecule has 0 saturated carbocycles. The minimum Gasteiger partial charge on any atom is -0.486 e. The topological polar surface area (TPSA) is 93.1 Å². The van der Waals surface area contributed by atoms with Crippen molar-refractivity contribution in [3.05, 3.63) is 11.4 Å². The summed E-state index contributed by atoms with van der Waals surface area (Å²) >= 11 is 1.17. The van der Waals surface area contributed by atoms with Crippen LogP contribution in [0, 0.1) is 0 Å². The summed E-state index contributed by atoms with van der Waals surface area (Å²) in [6.45, 7) is -0.109. The first-order valence-electron chi connectivity index (χ1n) is 5.77. The molecule has 9 heteroatoms. The zero-order valence-corrected chi connectivity index (χ0v) is 12.7. The van der Waals surface area contributed by atoms with Gasteiger partial charge in [-0.05, 0) is 11.4 Å². The fourth-order valence-electron chi connectivity index (χ4n) is 2.14. The lowest BCUT2D eigenvalue weighted by atomic mass is 10.0. The molecular formula is C11H15NO6S2. The zero-order valence-electron chi connectivity index (χ0n) is 11.0. The van der Waals surface area contributed by atoms with Gasteiger partial charge in [-0.15, -0.1) is 11.3 Å². The number of thiophene rings is 1. The summed E-state index contributed by atoms with van der Waals surface area (Å²) in [4.78, 5) is 11.3. The standard InChI is InChI=1S/C11H15NO6S2/c1-17-9-8(3-6-19-9)20(15,16)12-5-4-11(7-12,18-2)10(13)14/h3,6H,4-5,7H2,1-2H3,(H,13,14). The van der Waals surface area contributed by atoms with Crippen LogP contribution < -0.4 is 4.74 Å². The Morgan fingerprint density at radius 2 is 2.20 bits per heavy atom. The van der Waals surface area contributed by atoms with Gasteiger partial charge in [-0.2, -0.15) is 4.31 Å². The Labute approximate surface area is 120 Å². The third kappa shape index (κ3) is 2.30. The molecule has 0 aliphatic carbocycles. The Morgan fingerprint density at radius 3 is 2.70 bits per heavy atom. The fourth-order valence-corrected chi connectivity index (χ4v) is 4.82. The van der Waals surface area contributed by atoms with Crippen molar-refractivity contribution >= 4 is 27.3 Å². The van der Waals surface area contributed by atoms with E-state index in [1.807, 2.05) is 0 Å². The molecule has 1 aliphatic rings. The Hall–Kier alpha value is -1.16. The van der Waals surface area contributed by atoms with Gasteiger partial charge >= 0.3 is 5.97 Å². The van der Waals surface area contributed by atoms with E-state index in [1.165, 1.54) is 31.6 Å². The lowest BCUT2D eigenvalue weighted by Gasteiger charge is -2.22. The minimum atomic E-state index is -3.78. The second-order valence-corrected chi connectivity index (χ2v) is 7.15. The van der Waals surface area contributed by atoms with Gasteiger partial charge in [-0.3, -0.25) is 0 Å². The molecule has 0 bridgehead atoms. The predicted octanol–water partition coefficient (Wildman–Crippen LogP) is 0.621. The molecule has 1 aromatic heterocycles. The highest BCUT2D eigenvalue weighted by Gasteiger charge is 2.49. The van der Waals surface area contributed by atoms with Gasteiger partial charge in [-0.25, -0.2) is 13.2 Å². The number of methoxy groups -OCH3 is 2. The normalized spacial score (nSPS) is 23.9. The summed E-state index contributed by atoms with van der Waals surface area (Å²) in [6, 6.07) is 1.45. The number of carboxylic acid groups (broad SMARTS) is 1. The molecule has 1 unspecified atom stereocenters. The molecule has 1 aliphatic heterocycles. The molecule has 0 radical (unpaired) electrons. The fraction of sp³-hybridized carbons (Fsp3) is 0.545. The molecule has 0 aromatic carbocycles. The van der Waals surface area contributed by atoms with E-state index >= 15 is 0 Å². The molecule has 1 saturated heterocycles. The van der Waals surface area contributed by atoms with Crippen molar-refractivity contribution in [2.45, 2.75) is 16.9 Å². The lowest BCUT2D eigenvalue weighted by Crippen LogP contribution is -2.44. The van der Waals surface area contributed by atoms with Gasteiger partial charge < -0.3 is 14.6 Å². The number of nitrogens with zero attached hydrogens (tertiary/aromatic N) is 1. The van der Waals surface area contributed by atoms with Crippen LogP contribution in [0.3, 0.4) is 0 Å². The molecular weight excluding hydrogens is 306 g/mol. The van der Waals surface area contributed by atoms with E-state index in [4.69, 9.17) is 9.47 Å². The van der Waals surface area contributed by atoms with Gasteiger partial charge in [0.05, 0.1) is 13.7 Å². The van der Waals surface area contributed by atoms with E-state index in [9.17, 15) is 18.3 Å². The van der Waals surface area contributed by atoms with E-state index in [-0.39, 0.29) is 29.5 Å². The molecule has 1 N–H and O–H groups in total. The summed E-state index contributed by atoms with van der Waals surface area (Å²) in [5.74, 6) is -1.16. The van der Waals surface area contributed by atoms with Gasteiger partial charge in [0.1, 0.15) is 4.90 Å². The van der Waals surface area contributed by atoms with Crippen LogP contribution in [0.4, 0.5) is 0 Å². The summed E-state index contributed by atoms with van der Waals surface area (Å²) in [7, 11) is -1.11. The largest absolute Gasteiger partial charge is 0.486 e. The van der Waals surface area contributed by atoms with Crippen molar-refractivity contribution in [3.63, 3.8) is 0 Å². The van der Waals surface area contributed by atoms with Crippen molar-refractivity contribution in [2.75, 3.05) is 27.3 Å². The van der Waals surface area contributed by atoms with Gasteiger partial charge in [0.25, 0.3) is 0 Å². The molecule has 1 atom stereocenters. The lowest BCUT2D eigenvalue weighted by molar-refractivity contribution is -0.160. The average molecular weight is 321 g/mol. The number of ether oxygens (including phenoxy) is 2. The maximum Gasteiger partial charge on any atom is 0.337 e. The van der Waals surface area contributed by atoms with Crippen LogP contribution >= 0.6 is 11.3 Å². The summed E-state index contributed by atoms with van der Waals surface area (Å²) in [5.41, 5.74) is -1.48. The monoisotopic (exact) mass is 321 g/mol. The first-order chi connectivity index (χ1) is 9.37. The Bertz CT molecular complexity index is 610. The van der Waals surface area contributed by atoms with Gasteiger partial charge in [0.15, 0.2) is 10.7 Å². The Balaban J connectivity index is 2.32. The molecule has 0 amide bonds. The van der Waals surface area contributed by atoms with Crippen LogP contribution in [0.15, 0.2) is 16.3 Å². The van der Waals surface area contributed by atoms with Crippen LogP contribution in [0.2, 0.25) is 0 Å². The summed E-state index contributed by atoms with van der Waals surface area (Å²) < 4.78 is 36.2. The van der Waals surface area contributed by atoms with Crippen molar-refractivity contribution in [1.29, 1.82) is 0 Å². The van der Waals surface area contributed by atoms with Crippen LogP contribution in [0.1, 0.15) is 6.42 Å². The molecule has 1 aromatic rings. The van der Waals surface area contributed by atoms with Crippen LogP contribution in [0.5, 0.6) is 5.06 Å².